The van der Waals surface area contributed by atoms with Crippen LogP contribution in [0.1, 0.15) is 37.6 Å². The summed E-state index contributed by atoms with van der Waals surface area (Å²) in [5.74, 6) is 1.41. The summed E-state index contributed by atoms with van der Waals surface area (Å²) in [6.07, 6.45) is 7.57. The molecule has 1 unspecified atom stereocenters. The van der Waals surface area contributed by atoms with Crippen molar-refractivity contribution in [2.24, 2.45) is 0 Å². The van der Waals surface area contributed by atoms with E-state index in [1.54, 1.807) is 0 Å². The fourth-order valence-electron chi connectivity index (χ4n) is 3.51. The highest BCUT2D eigenvalue weighted by atomic mass is 32.2. The van der Waals surface area contributed by atoms with E-state index in [-0.39, 0.29) is 0 Å². The predicted octanol–water partition coefficient (Wildman–Crippen LogP) is 5.94. The first kappa shape index (κ1) is 16.2. The number of allylic oxidation sites excluding steroid dienone is 3. The number of rotatable bonds is 4. The van der Waals surface area contributed by atoms with Gasteiger partial charge in [-0.05, 0) is 35.9 Å². The van der Waals surface area contributed by atoms with Crippen LogP contribution >= 0.6 is 11.8 Å². The Morgan fingerprint density at radius 2 is 1.88 bits per heavy atom. The average molecular weight is 348 g/mol. The number of fused-ring (bicyclic) bond motifs is 2. The van der Waals surface area contributed by atoms with Gasteiger partial charge in [0.25, 0.3) is 5.52 Å². The topological polar surface area (TPSA) is 17.0 Å². The fourth-order valence-corrected chi connectivity index (χ4v) is 4.82. The van der Waals surface area contributed by atoms with Gasteiger partial charge < -0.3 is 4.42 Å². The van der Waals surface area contributed by atoms with Gasteiger partial charge in [0.15, 0.2) is 0 Å². The van der Waals surface area contributed by atoms with Gasteiger partial charge in [0, 0.05) is 16.9 Å². The van der Waals surface area contributed by atoms with E-state index in [9.17, 15) is 0 Å². The van der Waals surface area contributed by atoms with Crippen LogP contribution in [0.2, 0.25) is 0 Å². The van der Waals surface area contributed by atoms with Gasteiger partial charge >= 0.3 is 5.89 Å². The summed E-state index contributed by atoms with van der Waals surface area (Å²) in [5, 5.41) is 0. The summed E-state index contributed by atoms with van der Waals surface area (Å²) >= 11 is 1.89. The van der Waals surface area contributed by atoms with Crippen molar-refractivity contribution in [3.8, 4) is 0 Å². The summed E-state index contributed by atoms with van der Waals surface area (Å²) in [4.78, 5) is 2.81. The van der Waals surface area contributed by atoms with Crippen molar-refractivity contribution in [1.29, 1.82) is 0 Å². The Morgan fingerprint density at radius 1 is 1.08 bits per heavy atom. The Kier molecular flexibility index (Phi) is 4.50. The van der Waals surface area contributed by atoms with Crippen LogP contribution < -0.4 is 4.57 Å². The van der Waals surface area contributed by atoms with Crippen molar-refractivity contribution in [1.82, 2.24) is 0 Å². The number of benzene rings is 2. The van der Waals surface area contributed by atoms with Gasteiger partial charge in [0.1, 0.15) is 6.54 Å². The lowest BCUT2D eigenvalue weighted by Gasteiger charge is -2.08. The molecule has 0 saturated heterocycles. The van der Waals surface area contributed by atoms with Gasteiger partial charge in [-0.15, -0.1) is 0 Å². The monoisotopic (exact) mass is 348 g/mol. The van der Waals surface area contributed by atoms with Crippen LogP contribution in [0.3, 0.4) is 0 Å². The second kappa shape index (κ2) is 6.93. The lowest BCUT2D eigenvalue weighted by molar-refractivity contribution is -0.674. The van der Waals surface area contributed by atoms with E-state index in [2.05, 4.69) is 73.0 Å². The minimum Gasteiger partial charge on any atom is -0.398 e. The molecule has 0 saturated carbocycles. The molecule has 0 N–H and O–H groups in total. The maximum atomic E-state index is 6.01. The molecule has 0 aliphatic carbocycles. The van der Waals surface area contributed by atoms with Gasteiger partial charge in [-0.3, -0.25) is 0 Å². The van der Waals surface area contributed by atoms with Gasteiger partial charge in [-0.1, -0.05) is 61.2 Å². The number of hydrogen-bond donors (Lipinski definition) is 0. The number of para-hydroxylation sites is 2. The molecule has 2 heterocycles. The molecule has 126 valence electrons. The summed E-state index contributed by atoms with van der Waals surface area (Å²) in [6.45, 7) is 5.30. The Hall–Kier alpha value is -2.26. The van der Waals surface area contributed by atoms with Crippen LogP contribution in [0.5, 0.6) is 0 Å². The smallest absolute Gasteiger partial charge is 0.374 e. The first-order chi connectivity index (χ1) is 12.3. The van der Waals surface area contributed by atoms with Crippen LogP contribution in [0.15, 0.2) is 74.9 Å². The van der Waals surface area contributed by atoms with E-state index in [0.29, 0.717) is 5.92 Å². The average Bonchev–Trinajstić information content (AvgIpc) is 3.18. The van der Waals surface area contributed by atoms with Gasteiger partial charge in [0.2, 0.25) is 5.58 Å². The molecular formula is C22H22NOS+. The summed E-state index contributed by atoms with van der Waals surface area (Å²) in [5.41, 5.74) is 3.54. The zero-order chi connectivity index (χ0) is 17.2. The maximum absolute atomic E-state index is 6.01. The minimum atomic E-state index is 0.514. The highest BCUT2D eigenvalue weighted by Gasteiger charge is 2.25. The number of nitrogens with zero attached hydrogens (tertiary/aromatic N) is 1. The van der Waals surface area contributed by atoms with Gasteiger partial charge in [-0.2, -0.15) is 4.57 Å². The molecule has 1 aliphatic heterocycles. The Bertz CT molecular complexity index is 967. The zero-order valence-corrected chi connectivity index (χ0v) is 15.4. The SMILES string of the molecule is CCC1/C(=C/C=C/c2oc3ccccc3[n+]2CC)Sc2ccccc21. The maximum Gasteiger partial charge on any atom is 0.374 e. The third kappa shape index (κ3) is 2.93. The molecule has 1 aliphatic rings. The Balaban J connectivity index is 1.64. The molecule has 4 rings (SSSR count). The van der Waals surface area contributed by atoms with Crippen molar-refractivity contribution < 1.29 is 8.98 Å². The number of aryl methyl sites for hydroxylation is 1. The molecule has 3 heteroatoms. The van der Waals surface area contributed by atoms with Crippen LogP contribution in [0, 0.1) is 0 Å². The third-order valence-corrected chi connectivity index (χ3v) is 5.97. The predicted molar refractivity (Wildman–Crippen MR) is 105 cm³/mol. The lowest BCUT2D eigenvalue weighted by Crippen LogP contribution is -2.33. The number of oxazole rings is 1. The first-order valence-electron chi connectivity index (χ1n) is 8.88. The molecule has 2 nitrogen and oxygen atoms in total. The fraction of sp³-hybridized carbons (Fsp3) is 0.227. The molecule has 0 fully saturated rings. The molecule has 3 aromatic rings. The van der Waals surface area contributed by atoms with Crippen molar-refractivity contribution in [2.75, 3.05) is 0 Å². The van der Waals surface area contributed by atoms with Crippen LogP contribution in [-0.2, 0) is 6.54 Å². The molecule has 1 aromatic heterocycles. The standard InChI is InChI=1S/C22H22NOS/c1-3-16-17-10-5-8-13-21(17)25-20(16)14-9-15-22-23(4-2)18-11-6-7-12-19(18)24-22/h5-16H,3-4H2,1-2H3/q+1/b15-9+,20-14-. The number of aromatic nitrogens is 1. The number of thioether (sulfide) groups is 1. The number of hydrogen-bond acceptors (Lipinski definition) is 2. The third-order valence-electron chi connectivity index (χ3n) is 4.73. The first-order valence-corrected chi connectivity index (χ1v) is 9.69. The van der Waals surface area contributed by atoms with E-state index in [1.165, 1.54) is 15.4 Å². The Labute approximate surface area is 152 Å². The molecule has 0 spiro atoms. The highest BCUT2D eigenvalue weighted by Crippen LogP contribution is 2.49. The van der Waals surface area contributed by atoms with E-state index >= 15 is 0 Å². The molecule has 0 radical (unpaired) electrons. The van der Waals surface area contributed by atoms with E-state index in [4.69, 9.17) is 4.42 Å². The molecular weight excluding hydrogens is 326 g/mol. The molecule has 25 heavy (non-hydrogen) atoms. The van der Waals surface area contributed by atoms with Crippen molar-refractivity contribution in [3.63, 3.8) is 0 Å². The van der Waals surface area contributed by atoms with Crippen LogP contribution in [-0.4, -0.2) is 0 Å². The normalized spacial score (nSPS) is 18.5. The molecule has 0 bridgehead atoms. The molecule has 2 aromatic carbocycles. The Morgan fingerprint density at radius 3 is 2.72 bits per heavy atom. The summed E-state index contributed by atoms with van der Waals surface area (Å²) in [7, 11) is 0. The second-order valence-corrected chi connectivity index (χ2v) is 7.30. The quantitative estimate of drug-likeness (QED) is 0.543. The lowest BCUT2D eigenvalue weighted by atomic mass is 9.96. The van der Waals surface area contributed by atoms with Crippen LogP contribution in [0.4, 0.5) is 0 Å². The van der Waals surface area contributed by atoms with Crippen molar-refractivity contribution in [3.05, 3.63) is 77.0 Å². The van der Waals surface area contributed by atoms with Crippen molar-refractivity contribution >= 4 is 28.9 Å². The van der Waals surface area contributed by atoms with Gasteiger partial charge in [-0.25, -0.2) is 0 Å². The highest BCUT2D eigenvalue weighted by molar-refractivity contribution is 8.03. The minimum absolute atomic E-state index is 0.514. The molecule has 0 amide bonds. The van der Waals surface area contributed by atoms with E-state index < -0.39 is 0 Å². The second-order valence-electron chi connectivity index (χ2n) is 6.18. The largest absolute Gasteiger partial charge is 0.398 e. The molecule has 1 atom stereocenters. The van der Waals surface area contributed by atoms with Crippen molar-refractivity contribution in [2.45, 2.75) is 37.6 Å². The summed E-state index contributed by atoms with van der Waals surface area (Å²) in [6, 6.07) is 16.9. The zero-order valence-electron chi connectivity index (χ0n) is 14.6. The summed E-state index contributed by atoms with van der Waals surface area (Å²) < 4.78 is 8.22. The van der Waals surface area contributed by atoms with Crippen LogP contribution in [0.25, 0.3) is 17.2 Å². The van der Waals surface area contributed by atoms with Gasteiger partial charge in [0.05, 0.1) is 6.08 Å². The van der Waals surface area contributed by atoms with E-state index in [1.807, 2.05) is 23.9 Å². The van der Waals surface area contributed by atoms with E-state index in [0.717, 1.165) is 30.0 Å².